The molecule has 0 N–H and O–H groups in total. The number of benzene rings is 1. The van der Waals surface area contributed by atoms with Crippen LogP contribution in [0.15, 0.2) is 61.2 Å². The molecule has 6 heteroatoms. The molecule has 1 aromatic carbocycles. The lowest BCUT2D eigenvalue weighted by atomic mass is 10.0. The first-order valence-corrected chi connectivity index (χ1v) is 9.86. The maximum atomic E-state index is 13.2. The first kappa shape index (κ1) is 17.6. The number of likely N-dealkylation sites (tertiary alicyclic amines) is 1. The van der Waals surface area contributed by atoms with Crippen molar-refractivity contribution in [2.24, 2.45) is 0 Å². The molecule has 1 amide bonds. The van der Waals surface area contributed by atoms with Crippen molar-refractivity contribution in [2.45, 2.75) is 19.8 Å². The molecule has 4 aromatic rings. The van der Waals surface area contributed by atoms with Gasteiger partial charge in [0.05, 0.1) is 28.7 Å². The maximum absolute atomic E-state index is 13.2. The largest absolute Gasteiger partial charge is 0.339 e. The molecule has 3 aromatic heterocycles. The third-order valence-electron chi connectivity index (χ3n) is 5.46. The van der Waals surface area contributed by atoms with E-state index >= 15 is 0 Å². The summed E-state index contributed by atoms with van der Waals surface area (Å²) < 4.78 is 1.82. The average Bonchev–Trinajstić information content (AvgIpc) is 3.45. The Morgan fingerprint density at radius 3 is 2.72 bits per heavy atom. The molecule has 0 bridgehead atoms. The highest BCUT2D eigenvalue weighted by Crippen LogP contribution is 2.27. The molecular formula is C23H21N5O. The van der Waals surface area contributed by atoms with Crippen LogP contribution < -0.4 is 0 Å². The van der Waals surface area contributed by atoms with Gasteiger partial charge in [0.2, 0.25) is 0 Å². The van der Waals surface area contributed by atoms with Crippen LogP contribution in [0, 0.1) is 6.92 Å². The van der Waals surface area contributed by atoms with E-state index in [4.69, 9.17) is 4.98 Å². The molecule has 5 rings (SSSR count). The zero-order valence-corrected chi connectivity index (χ0v) is 16.2. The van der Waals surface area contributed by atoms with Crippen LogP contribution in [0.4, 0.5) is 0 Å². The number of fused-ring (bicyclic) bond motifs is 1. The zero-order valence-electron chi connectivity index (χ0n) is 16.2. The number of rotatable bonds is 3. The van der Waals surface area contributed by atoms with Crippen molar-refractivity contribution in [3.8, 4) is 16.9 Å². The average molecular weight is 383 g/mol. The summed E-state index contributed by atoms with van der Waals surface area (Å²) in [6, 6.07) is 11.7. The van der Waals surface area contributed by atoms with E-state index in [0.29, 0.717) is 5.56 Å². The predicted octanol–water partition coefficient (Wildman–Crippen LogP) is 4.03. The summed E-state index contributed by atoms with van der Waals surface area (Å²) in [4.78, 5) is 24.1. The highest BCUT2D eigenvalue weighted by Gasteiger charge is 2.22. The number of nitrogens with zero attached hydrogens (tertiary/aromatic N) is 5. The van der Waals surface area contributed by atoms with Crippen molar-refractivity contribution >= 4 is 16.8 Å². The quantitative estimate of drug-likeness (QED) is 0.536. The molecular weight excluding hydrogens is 362 g/mol. The minimum Gasteiger partial charge on any atom is -0.339 e. The van der Waals surface area contributed by atoms with E-state index < -0.39 is 0 Å². The molecule has 0 aliphatic carbocycles. The van der Waals surface area contributed by atoms with Gasteiger partial charge in [-0.05, 0) is 43.5 Å². The molecule has 29 heavy (non-hydrogen) atoms. The molecule has 0 spiro atoms. The van der Waals surface area contributed by atoms with E-state index in [0.717, 1.165) is 59.3 Å². The third-order valence-corrected chi connectivity index (χ3v) is 5.46. The smallest absolute Gasteiger partial charge is 0.254 e. The molecule has 1 fully saturated rings. The number of aryl methyl sites for hydroxylation is 1. The van der Waals surface area contributed by atoms with Crippen molar-refractivity contribution in [2.75, 3.05) is 13.1 Å². The molecule has 0 radical (unpaired) electrons. The Bertz CT molecular complexity index is 1210. The van der Waals surface area contributed by atoms with E-state index in [9.17, 15) is 4.79 Å². The standard InChI is InChI=1S/C23H21N5O/c1-16-13-24-9-8-22(16)28-15-17(14-25-28)21-12-19(23(29)27-10-4-5-11-27)18-6-2-3-7-20(18)26-21/h2-3,6-9,12-15H,4-5,10-11H2,1H3. The Kier molecular flexibility index (Phi) is 4.31. The van der Waals surface area contributed by atoms with Crippen molar-refractivity contribution in [3.05, 3.63) is 72.3 Å². The fraction of sp³-hybridized carbons (Fsp3) is 0.217. The lowest BCUT2D eigenvalue weighted by Crippen LogP contribution is -2.27. The van der Waals surface area contributed by atoms with Crippen LogP contribution in [0.25, 0.3) is 27.8 Å². The Labute approximate surface area is 168 Å². The minimum atomic E-state index is 0.0831. The number of pyridine rings is 2. The van der Waals surface area contributed by atoms with Crippen LogP contribution >= 0.6 is 0 Å². The van der Waals surface area contributed by atoms with Crippen LogP contribution in [0.2, 0.25) is 0 Å². The van der Waals surface area contributed by atoms with Gasteiger partial charge in [0.1, 0.15) is 0 Å². The number of para-hydroxylation sites is 1. The number of amides is 1. The normalized spacial score (nSPS) is 13.9. The van der Waals surface area contributed by atoms with Crippen LogP contribution in [0.3, 0.4) is 0 Å². The summed E-state index contributed by atoms with van der Waals surface area (Å²) in [5, 5.41) is 5.40. The van der Waals surface area contributed by atoms with Gasteiger partial charge in [-0.2, -0.15) is 5.10 Å². The minimum absolute atomic E-state index is 0.0831. The highest BCUT2D eigenvalue weighted by atomic mass is 16.2. The summed E-state index contributed by atoms with van der Waals surface area (Å²) >= 11 is 0. The highest BCUT2D eigenvalue weighted by molar-refractivity contribution is 6.07. The third kappa shape index (κ3) is 3.16. The zero-order chi connectivity index (χ0) is 19.8. The Morgan fingerprint density at radius 2 is 1.90 bits per heavy atom. The van der Waals surface area contributed by atoms with Crippen molar-refractivity contribution in [1.29, 1.82) is 0 Å². The van der Waals surface area contributed by atoms with Gasteiger partial charge in [-0.1, -0.05) is 18.2 Å². The SMILES string of the molecule is Cc1cnccc1-n1cc(-c2cc(C(=O)N3CCCC3)c3ccccc3n2)cn1. The molecule has 1 saturated heterocycles. The van der Waals surface area contributed by atoms with Crippen LogP contribution in [-0.2, 0) is 0 Å². The Morgan fingerprint density at radius 1 is 1.07 bits per heavy atom. The number of hydrogen-bond acceptors (Lipinski definition) is 4. The fourth-order valence-electron chi connectivity index (χ4n) is 3.90. The number of carbonyl (C=O) groups is 1. The Hall–Kier alpha value is -3.54. The molecule has 0 saturated carbocycles. The van der Waals surface area contributed by atoms with Gasteiger partial charge >= 0.3 is 0 Å². The van der Waals surface area contributed by atoms with E-state index in [1.807, 2.05) is 65.3 Å². The Balaban J connectivity index is 1.61. The maximum Gasteiger partial charge on any atom is 0.254 e. The topological polar surface area (TPSA) is 63.9 Å². The summed E-state index contributed by atoms with van der Waals surface area (Å²) in [7, 11) is 0. The lowest BCUT2D eigenvalue weighted by molar-refractivity contribution is 0.0794. The lowest BCUT2D eigenvalue weighted by Gasteiger charge is -2.17. The molecule has 1 aliphatic rings. The van der Waals surface area contributed by atoms with Gasteiger partial charge in [0.25, 0.3) is 5.91 Å². The molecule has 4 heterocycles. The van der Waals surface area contributed by atoms with E-state index in [1.165, 1.54) is 0 Å². The predicted molar refractivity (Wildman–Crippen MR) is 112 cm³/mol. The van der Waals surface area contributed by atoms with E-state index in [1.54, 1.807) is 12.4 Å². The van der Waals surface area contributed by atoms with Gasteiger partial charge in [-0.25, -0.2) is 9.67 Å². The molecule has 0 unspecified atom stereocenters. The molecule has 144 valence electrons. The monoisotopic (exact) mass is 383 g/mol. The van der Waals surface area contributed by atoms with Crippen molar-refractivity contribution < 1.29 is 4.79 Å². The second kappa shape index (κ2) is 7.13. The van der Waals surface area contributed by atoms with Crippen LogP contribution in [0.1, 0.15) is 28.8 Å². The van der Waals surface area contributed by atoms with Crippen LogP contribution in [0.5, 0.6) is 0 Å². The fourth-order valence-corrected chi connectivity index (χ4v) is 3.90. The van der Waals surface area contributed by atoms with Crippen molar-refractivity contribution in [3.63, 3.8) is 0 Å². The van der Waals surface area contributed by atoms with Gasteiger partial charge in [-0.15, -0.1) is 0 Å². The number of aromatic nitrogens is 4. The van der Waals surface area contributed by atoms with Crippen LogP contribution in [-0.4, -0.2) is 43.6 Å². The van der Waals surface area contributed by atoms with E-state index in [2.05, 4.69) is 10.1 Å². The van der Waals surface area contributed by atoms with Gasteiger partial charge in [0.15, 0.2) is 0 Å². The molecule has 1 aliphatic heterocycles. The summed E-state index contributed by atoms with van der Waals surface area (Å²) in [6.07, 6.45) is 9.45. The van der Waals surface area contributed by atoms with E-state index in [-0.39, 0.29) is 5.91 Å². The molecule has 6 nitrogen and oxygen atoms in total. The van der Waals surface area contributed by atoms with Crippen molar-refractivity contribution in [1.82, 2.24) is 24.6 Å². The first-order valence-electron chi connectivity index (χ1n) is 9.86. The second-order valence-electron chi connectivity index (χ2n) is 7.41. The summed E-state index contributed by atoms with van der Waals surface area (Å²) in [5.41, 5.74) is 5.17. The molecule has 0 atom stereocenters. The van der Waals surface area contributed by atoms with Gasteiger partial charge in [-0.3, -0.25) is 9.78 Å². The second-order valence-corrected chi connectivity index (χ2v) is 7.41. The van der Waals surface area contributed by atoms with Gasteiger partial charge < -0.3 is 4.90 Å². The number of carbonyl (C=O) groups excluding carboxylic acids is 1. The van der Waals surface area contributed by atoms with Gasteiger partial charge in [0, 0.05) is 42.6 Å². The first-order chi connectivity index (χ1) is 14.2. The summed E-state index contributed by atoms with van der Waals surface area (Å²) in [6.45, 7) is 3.65. The summed E-state index contributed by atoms with van der Waals surface area (Å²) in [5.74, 6) is 0.0831. The number of hydrogen-bond donors (Lipinski definition) is 0.